The Kier molecular flexibility index (Phi) is 2.46. The van der Waals surface area contributed by atoms with E-state index in [1.54, 1.807) is 11.1 Å². The SMILES string of the molecule is CN.c1ccc2c(c1)CC2. The lowest BCUT2D eigenvalue weighted by atomic mass is 9.89. The van der Waals surface area contributed by atoms with Crippen molar-refractivity contribution >= 4 is 0 Å². The van der Waals surface area contributed by atoms with E-state index >= 15 is 0 Å². The van der Waals surface area contributed by atoms with Crippen LogP contribution in [0.15, 0.2) is 24.3 Å². The van der Waals surface area contributed by atoms with Gasteiger partial charge in [-0.05, 0) is 31.0 Å². The van der Waals surface area contributed by atoms with E-state index in [1.807, 2.05) is 0 Å². The van der Waals surface area contributed by atoms with Crippen molar-refractivity contribution in [2.75, 3.05) is 7.05 Å². The van der Waals surface area contributed by atoms with E-state index in [-0.39, 0.29) is 0 Å². The van der Waals surface area contributed by atoms with Crippen LogP contribution >= 0.6 is 0 Å². The molecule has 0 unspecified atom stereocenters. The summed E-state index contributed by atoms with van der Waals surface area (Å²) in [6.07, 6.45) is 2.60. The van der Waals surface area contributed by atoms with E-state index in [0.717, 1.165) is 0 Å². The van der Waals surface area contributed by atoms with Crippen LogP contribution in [0, 0.1) is 0 Å². The average Bonchev–Trinajstić information content (AvgIpc) is 1.96. The second-order valence-electron chi connectivity index (χ2n) is 2.27. The molecular weight excluding hydrogens is 122 g/mol. The first kappa shape index (κ1) is 7.29. The lowest BCUT2D eigenvalue weighted by Gasteiger charge is -2.16. The van der Waals surface area contributed by atoms with Crippen molar-refractivity contribution in [3.8, 4) is 0 Å². The highest BCUT2D eigenvalue weighted by Crippen LogP contribution is 2.20. The summed E-state index contributed by atoms with van der Waals surface area (Å²) in [5.74, 6) is 0. The van der Waals surface area contributed by atoms with Crippen LogP contribution in [0.5, 0.6) is 0 Å². The number of rotatable bonds is 0. The summed E-state index contributed by atoms with van der Waals surface area (Å²) < 4.78 is 0. The summed E-state index contributed by atoms with van der Waals surface area (Å²) >= 11 is 0. The highest BCUT2D eigenvalue weighted by molar-refractivity contribution is 5.34. The van der Waals surface area contributed by atoms with Gasteiger partial charge in [-0.1, -0.05) is 24.3 Å². The Labute approximate surface area is 61.9 Å². The third kappa shape index (κ3) is 1.19. The minimum Gasteiger partial charge on any atom is -0.333 e. The predicted octanol–water partition coefficient (Wildman–Crippen LogP) is 1.36. The average molecular weight is 135 g/mol. The zero-order chi connectivity index (χ0) is 7.40. The molecule has 0 fully saturated rings. The van der Waals surface area contributed by atoms with Crippen LogP contribution < -0.4 is 5.73 Å². The lowest BCUT2D eigenvalue weighted by Crippen LogP contribution is -2.06. The van der Waals surface area contributed by atoms with Crippen LogP contribution in [0.1, 0.15) is 11.1 Å². The van der Waals surface area contributed by atoms with Gasteiger partial charge in [0.2, 0.25) is 0 Å². The largest absolute Gasteiger partial charge is 0.333 e. The molecule has 1 aromatic rings. The van der Waals surface area contributed by atoms with Gasteiger partial charge in [-0.15, -0.1) is 0 Å². The normalized spacial score (nSPS) is 12.2. The Morgan fingerprint density at radius 3 is 1.60 bits per heavy atom. The smallest absolute Gasteiger partial charge is 0.0195 e. The van der Waals surface area contributed by atoms with Gasteiger partial charge in [0, 0.05) is 0 Å². The second-order valence-corrected chi connectivity index (χ2v) is 2.27. The van der Waals surface area contributed by atoms with Crippen LogP contribution in [-0.2, 0) is 12.8 Å². The van der Waals surface area contributed by atoms with Gasteiger partial charge >= 0.3 is 0 Å². The van der Waals surface area contributed by atoms with Gasteiger partial charge in [-0.2, -0.15) is 0 Å². The van der Waals surface area contributed by atoms with Crippen LogP contribution in [0.25, 0.3) is 0 Å². The minimum atomic E-state index is 1.30. The van der Waals surface area contributed by atoms with Crippen molar-refractivity contribution in [2.45, 2.75) is 12.8 Å². The molecular formula is C9H13N. The van der Waals surface area contributed by atoms with E-state index in [0.29, 0.717) is 0 Å². The highest BCUT2D eigenvalue weighted by Gasteiger charge is 2.09. The summed E-state index contributed by atoms with van der Waals surface area (Å²) in [6.45, 7) is 0. The molecule has 0 atom stereocenters. The fourth-order valence-electron chi connectivity index (χ4n) is 1.14. The fourth-order valence-corrected chi connectivity index (χ4v) is 1.14. The molecule has 0 amide bonds. The zero-order valence-corrected chi connectivity index (χ0v) is 6.30. The van der Waals surface area contributed by atoms with Crippen molar-refractivity contribution in [2.24, 2.45) is 5.73 Å². The molecule has 1 heteroatoms. The van der Waals surface area contributed by atoms with Gasteiger partial charge < -0.3 is 5.73 Å². The number of benzene rings is 1. The second kappa shape index (κ2) is 3.37. The third-order valence-corrected chi connectivity index (χ3v) is 1.78. The molecule has 0 aliphatic heterocycles. The molecule has 2 rings (SSSR count). The van der Waals surface area contributed by atoms with Crippen molar-refractivity contribution in [3.63, 3.8) is 0 Å². The number of aryl methyl sites for hydroxylation is 2. The maximum atomic E-state index is 4.50. The fraction of sp³-hybridized carbons (Fsp3) is 0.333. The monoisotopic (exact) mass is 135 g/mol. The van der Waals surface area contributed by atoms with Crippen LogP contribution in [0.2, 0.25) is 0 Å². The molecule has 1 aliphatic carbocycles. The molecule has 10 heavy (non-hydrogen) atoms. The van der Waals surface area contributed by atoms with Crippen LogP contribution in [0.4, 0.5) is 0 Å². The maximum absolute atomic E-state index is 4.50. The van der Waals surface area contributed by atoms with Crippen molar-refractivity contribution < 1.29 is 0 Å². The van der Waals surface area contributed by atoms with Crippen molar-refractivity contribution in [1.29, 1.82) is 0 Å². The molecule has 1 nitrogen and oxygen atoms in total. The summed E-state index contributed by atoms with van der Waals surface area (Å²) in [5.41, 5.74) is 7.60. The zero-order valence-electron chi connectivity index (χ0n) is 6.30. The molecule has 0 saturated heterocycles. The van der Waals surface area contributed by atoms with Crippen LogP contribution in [0.3, 0.4) is 0 Å². The van der Waals surface area contributed by atoms with E-state index < -0.39 is 0 Å². The topological polar surface area (TPSA) is 26.0 Å². The van der Waals surface area contributed by atoms with Crippen LogP contribution in [-0.4, -0.2) is 7.05 Å². The lowest BCUT2D eigenvalue weighted by molar-refractivity contribution is 0.839. The molecule has 0 bridgehead atoms. The quantitative estimate of drug-likeness (QED) is 0.571. The predicted molar refractivity (Wildman–Crippen MR) is 44.0 cm³/mol. The van der Waals surface area contributed by atoms with E-state index in [1.165, 1.54) is 19.9 Å². The minimum absolute atomic E-state index is 1.30. The molecule has 0 heterocycles. The third-order valence-electron chi connectivity index (χ3n) is 1.78. The Hall–Kier alpha value is -0.820. The summed E-state index contributed by atoms with van der Waals surface area (Å²) in [6, 6.07) is 8.63. The van der Waals surface area contributed by atoms with Crippen molar-refractivity contribution in [3.05, 3.63) is 35.4 Å². The highest BCUT2D eigenvalue weighted by atomic mass is 14.4. The first-order chi connectivity index (χ1) is 4.97. The van der Waals surface area contributed by atoms with Gasteiger partial charge in [-0.25, -0.2) is 0 Å². The van der Waals surface area contributed by atoms with Gasteiger partial charge in [0.1, 0.15) is 0 Å². The molecule has 1 aromatic carbocycles. The Morgan fingerprint density at radius 1 is 1.00 bits per heavy atom. The Balaban J connectivity index is 0.000000231. The van der Waals surface area contributed by atoms with Gasteiger partial charge in [0.05, 0.1) is 0 Å². The molecule has 2 N–H and O–H groups in total. The summed E-state index contributed by atoms with van der Waals surface area (Å²) in [7, 11) is 1.50. The number of nitrogens with two attached hydrogens (primary N) is 1. The first-order valence-corrected chi connectivity index (χ1v) is 3.61. The molecule has 0 spiro atoms. The van der Waals surface area contributed by atoms with E-state index in [9.17, 15) is 0 Å². The standard InChI is InChI=1S/C8H8.CH5N/c1-2-4-8-6-5-7(8)3-1;1-2/h1-4H,5-6H2;2H2,1H3. The Morgan fingerprint density at radius 2 is 1.40 bits per heavy atom. The Bertz CT molecular complexity index is 183. The molecule has 54 valence electrons. The van der Waals surface area contributed by atoms with Gasteiger partial charge in [0.25, 0.3) is 0 Å². The maximum Gasteiger partial charge on any atom is -0.0195 e. The molecule has 0 radical (unpaired) electrons. The summed E-state index contributed by atoms with van der Waals surface area (Å²) in [5, 5.41) is 0. The van der Waals surface area contributed by atoms with Gasteiger partial charge in [-0.3, -0.25) is 0 Å². The number of fused-ring (bicyclic) bond motifs is 1. The van der Waals surface area contributed by atoms with Crippen molar-refractivity contribution in [1.82, 2.24) is 0 Å². The molecule has 0 aromatic heterocycles. The number of hydrogen-bond donors (Lipinski definition) is 1. The van der Waals surface area contributed by atoms with Gasteiger partial charge in [0.15, 0.2) is 0 Å². The number of hydrogen-bond acceptors (Lipinski definition) is 1. The van der Waals surface area contributed by atoms with E-state index in [2.05, 4.69) is 30.0 Å². The summed E-state index contributed by atoms with van der Waals surface area (Å²) in [4.78, 5) is 0. The first-order valence-electron chi connectivity index (χ1n) is 3.61. The molecule has 1 aliphatic rings. The molecule has 0 saturated carbocycles. The van der Waals surface area contributed by atoms with E-state index in [4.69, 9.17) is 0 Å².